The highest BCUT2D eigenvalue weighted by Crippen LogP contribution is 2.61. The SMILES string of the molecule is CCCCC/C=C\C/C=C\CCCCCCCCOCC(CN1CCC2(CC1)OCCCO2)OCCOCCO[C@H]1CCC2C(=CCC3C2CCC2C3CC[C@@H]2C(C)(C)CCCC(C)C)C1. The molecule has 6 rings (SSSR count). The molecule has 7 heteroatoms. The largest absolute Gasteiger partial charge is 0.379 e. The average Bonchev–Trinajstić information content (AvgIpc) is 3.77. The Labute approximate surface area is 406 Å². The maximum Gasteiger partial charge on any atom is 0.170 e. The third-order valence-electron chi connectivity index (χ3n) is 17.4. The van der Waals surface area contributed by atoms with Crippen LogP contribution in [0.4, 0.5) is 0 Å². The van der Waals surface area contributed by atoms with Crippen molar-refractivity contribution in [3.63, 3.8) is 0 Å². The molecule has 0 aromatic heterocycles. The van der Waals surface area contributed by atoms with Gasteiger partial charge in [0.25, 0.3) is 0 Å². The highest BCUT2D eigenvalue weighted by Gasteiger charge is 2.52. The Bertz CT molecular complexity index is 1380. The molecule has 5 fully saturated rings. The molecular weight excluding hydrogens is 819 g/mol. The lowest BCUT2D eigenvalue weighted by Gasteiger charge is -2.51. The van der Waals surface area contributed by atoms with Crippen molar-refractivity contribution >= 4 is 0 Å². The van der Waals surface area contributed by atoms with E-state index in [2.05, 4.69) is 69.9 Å². The summed E-state index contributed by atoms with van der Waals surface area (Å²) in [6, 6.07) is 0. The van der Waals surface area contributed by atoms with E-state index in [1.165, 1.54) is 128 Å². The number of nitrogens with zero attached hydrogens (tertiary/aromatic N) is 1. The van der Waals surface area contributed by atoms with Gasteiger partial charge in [-0.3, -0.25) is 0 Å². The fourth-order valence-corrected chi connectivity index (χ4v) is 13.6. The quantitative estimate of drug-likeness (QED) is 0.0492. The number of fused-ring (bicyclic) bond motifs is 5. The summed E-state index contributed by atoms with van der Waals surface area (Å²) in [7, 11) is 0. The van der Waals surface area contributed by atoms with Gasteiger partial charge in [-0.15, -0.1) is 0 Å². The summed E-state index contributed by atoms with van der Waals surface area (Å²) in [6.07, 6.45) is 45.6. The highest BCUT2D eigenvalue weighted by atomic mass is 16.7. The first-order chi connectivity index (χ1) is 32.3. The first-order valence-corrected chi connectivity index (χ1v) is 28.6. The fourth-order valence-electron chi connectivity index (χ4n) is 13.6. The Balaban J connectivity index is 0.824. The van der Waals surface area contributed by atoms with E-state index in [0.717, 1.165) is 119 Å². The Morgan fingerprint density at radius 3 is 2.21 bits per heavy atom. The van der Waals surface area contributed by atoms with Crippen LogP contribution in [0, 0.1) is 46.8 Å². The molecule has 0 amide bonds. The minimum Gasteiger partial charge on any atom is -0.379 e. The average molecular weight is 922 g/mol. The van der Waals surface area contributed by atoms with Crippen LogP contribution in [0.1, 0.15) is 202 Å². The zero-order chi connectivity index (χ0) is 46.3. The number of likely N-dealkylation sites (tertiary alicyclic amines) is 1. The Morgan fingerprint density at radius 2 is 1.44 bits per heavy atom. The van der Waals surface area contributed by atoms with Gasteiger partial charge in [0, 0.05) is 39.1 Å². The second kappa shape index (κ2) is 30.0. The monoisotopic (exact) mass is 922 g/mol. The molecule has 6 aliphatic rings. The lowest BCUT2D eigenvalue weighted by Crippen LogP contribution is -2.51. The van der Waals surface area contributed by atoms with Gasteiger partial charge in [-0.05, 0) is 150 Å². The van der Waals surface area contributed by atoms with Crippen LogP contribution in [-0.2, 0) is 28.4 Å². The summed E-state index contributed by atoms with van der Waals surface area (Å²) in [5, 5.41) is 0. The van der Waals surface area contributed by atoms with Crippen LogP contribution >= 0.6 is 0 Å². The van der Waals surface area contributed by atoms with Crippen molar-refractivity contribution in [2.45, 2.75) is 220 Å². The molecule has 2 saturated heterocycles. The lowest BCUT2D eigenvalue weighted by molar-refractivity contribution is -0.284. The van der Waals surface area contributed by atoms with Crippen molar-refractivity contribution in [3.05, 3.63) is 36.0 Å². The van der Waals surface area contributed by atoms with E-state index < -0.39 is 0 Å². The van der Waals surface area contributed by atoms with E-state index in [1.807, 2.05) is 0 Å². The topological polar surface area (TPSA) is 58.6 Å². The number of rotatable bonds is 32. The maximum atomic E-state index is 6.50. The smallest absolute Gasteiger partial charge is 0.170 e. The molecule has 4 aliphatic carbocycles. The number of ether oxygens (including phenoxy) is 6. The summed E-state index contributed by atoms with van der Waals surface area (Å²) in [4.78, 5) is 2.51. The number of hydrogen-bond acceptors (Lipinski definition) is 7. The van der Waals surface area contributed by atoms with Crippen molar-refractivity contribution in [2.75, 3.05) is 72.5 Å². The van der Waals surface area contributed by atoms with E-state index in [9.17, 15) is 0 Å². The lowest BCUT2D eigenvalue weighted by atomic mass is 9.55. The van der Waals surface area contributed by atoms with Crippen LogP contribution < -0.4 is 0 Å². The fraction of sp³-hybridized carbons (Fsp3) is 0.898. The van der Waals surface area contributed by atoms with Crippen molar-refractivity contribution in [1.82, 2.24) is 4.90 Å². The molecule has 2 aliphatic heterocycles. The Kier molecular flexibility index (Phi) is 24.6. The molecule has 0 N–H and O–H groups in total. The van der Waals surface area contributed by atoms with Gasteiger partial charge >= 0.3 is 0 Å². The van der Waals surface area contributed by atoms with Gasteiger partial charge in [0.15, 0.2) is 5.79 Å². The molecule has 2 heterocycles. The van der Waals surface area contributed by atoms with Crippen LogP contribution in [0.3, 0.4) is 0 Å². The minimum absolute atomic E-state index is 0.0341. The number of piperidine rings is 1. The van der Waals surface area contributed by atoms with Crippen molar-refractivity contribution in [1.29, 1.82) is 0 Å². The van der Waals surface area contributed by atoms with Crippen LogP contribution in [0.25, 0.3) is 0 Å². The second-order valence-electron chi connectivity index (χ2n) is 23.1. The molecular formula is C59H103NO6. The van der Waals surface area contributed by atoms with E-state index >= 15 is 0 Å². The van der Waals surface area contributed by atoms with E-state index in [4.69, 9.17) is 28.4 Å². The molecule has 0 aromatic rings. The molecule has 380 valence electrons. The van der Waals surface area contributed by atoms with Gasteiger partial charge in [-0.25, -0.2) is 0 Å². The zero-order valence-corrected chi connectivity index (χ0v) is 43.6. The third kappa shape index (κ3) is 18.0. The maximum absolute atomic E-state index is 6.50. The molecule has 1 spiro atoms. The van der Waals surface area contributed by atoms with Crippen molar-refractivity contribution < 1.29 is 28.4 Å². The van der Waals surface area contributed by atoms with E-state index in [0.29, 0.717) is 44.6 Å². The van der Waals surface area contributed by atoms with E-state index in [-0.39, 0.29) is 11.9 Å². The summed E-state index contributed by atoms with van der Waals surface area (Å²) < 4.78 is 37.6. The standard InChI is InChI=1S/C59H103NO6/c1-6-7-8-9-10-11-12-13-14-15-16-17-18-19-20-21-38-62-47-51(46-60-36-34-59(35-37-60)65-39-23-40-66-59)64-44-42-61-41-43-63-50-26-28-52-49(45-50)25-27-54-53(52)29-30-56-55(54)31-32-57(56)58(4,5)33-22-24-48(2)3/h10-11,13-14,25,48,50-57H,6-9,12,15-24,26-47H2,1-5H3/b11-10-,14-13-/t50-,51?,52?,53?,54?,55?,56?,57-/m0/s1. The van der Waals surface area contributed by atoms with Crippen LogP contribution in [0.2, 0.25) is 0 Å². The van der Waals surface area contributed by atoms with Gasteiger partial charge in [-0.1, -0.05) is 122 Å². The van der Waals surface area contributed by atoms with E-state index in [1.54, 1.807) is 5.57 Å². The van der Waals surface area contributed by atoms with Crippen molar-refractivity contribution in [2.24, 2.45) is 46.8 Å². The molecule has 6 unspecified atom stereocenters. The van der Waals surface area contributed by atoms with Gasteiger partial charge < -0.3 is 33.3 Å². The van der Waals surface area contributed by atoms with Gasteiger partial charge in [-0.2, -0.15) is 0 Å². The zero-order valence-electron chi connectivity index (χ0n) is 43.6. The van der Waals surface area contributed by atoms with Crippen molar-refractivity contribution in [3.8, 4) is 0 Å². The molecule has 7 nitrogen and oxygen atoms in total. The van der Waals surface area contributed by atoms with Crippen LogP contribution in [0.15, 0.2) is 36.0 Å². The van der Waals surface area contributed by atoms with Gasteiger partial charge in [0.1, 0.15) is 0 Å². The highest BCUT2D eigenvalue weighted by molar-refractivity contribution is 5.19. The number of allylic oxidation sites excluding steroid dienone is 5. The second-order valence-corrected chi connectivity index (χ2v) is 23.1. The molecule has 3 saturated carbocycles. The summed E-state index contributed by atoms with van der Waals surface area (Å²) >= 11 is 0. The minimum atomic E-state index is -0.363. The third-order valence-corrected chi connectivity index (χ3v) is 17.4. The Morgan fingerprint density at radius 1 is 0.727 bits per heavy atom. The Hall–Kier alpha value is -1.06. The predicted octanol–water partition coefficient (Wildman–Crippen LogP) is 14.5. The predicted molar refractivity (Wildman–Crippen MR) is 274 cm³/mol. The normalized spacial score (nSPS) is 28.6. The molecule has 0 bridgehead atoms. The summed E-state index contributed by atoms with van der Waals surface area (Å²) in [5.41, 5.74) is 2.24. The van der Waals surface area contributed by atoms with Gasteiger partial charge in [0.2, 0.25) is 0 Å². The summed E-state index contributed by atoms with van der Waals surface area (Å²) in [6.45, 7) is 20.7. The molecule has 0 radical (unpaired) electrons. The molecule has 8 atom stereocenters. The van der Waals surface area contributed by atoms with Crippen LogP contribution in [0.5, 0.6) is 0 Å². The molecule has 66 heavy (non-hydrogen) atoms. The summed E-state index contributed by atoms with van der Waals surface area (Å²) in [5.74, 6) is 6.04. The van der Waals surface area contributed by atoms with Crippen LogP contribution in [-0.4, -0.2) is 95.4 Å². The molecule has 0 aromatic carbocycles. The first-order valence-electron chi connectivity index (χ1n) is 28.6. The first kappa shape index (κ1) is 54.3. The number of hydrogen-bond donors (Lipinski definition) is 0. The number of unbranched alkanes of at least 4 members (excludes halogenated alkanes) is 9. The van der Waals surface area contributed by atoms with Gasteiger partial charge in [0.05, 0.1) is 58.5 Å².